The monoisotopic (exact) mass is 285 g/mol. The molecule has 0 aliphatic rings. The number of aromatic nitrogens is 1. The molecule has 1 N–H and O–H groups in total. The van der Waals surface area contributed by atoms with Gasteiger partial charge in [0.05, 0.1) is 5.69 Å². The van der Waals surface area contributed by atoms with Crippen LogP contribution in [0.1, 0.15) is 29.5 Å². The van der Waals surface area contributed by atoms with Crippen LogP contribution in [0.2, 0.25) is 0 Å². The highest BCUT2D eigenvalue weighted by Crippen LogP contribution is 2.48. The van der Waals surface area contributed by atoms with Gasteiger partial charge in [-0.2, -0.15) is 13.2 Å². The second-order valence-corrected chi connectivity index (χ2v) is 4.87. The van der Waals surface area contributed by atoms with Crippen molar-refractivity contribution < 1.29 is 22.8 Å². The van der Waals surface area contributed by atoms with E-state index < -0.39 is 11.6 Å². The van der Waals surface area contributed by atoms with E-state index in [1.807, 2.05) is 0 Å². The Bertz CT molecular complexity index is 597. The maximum Gasteiger partial charge on any atom is 0.402 e. The SMILES string of the molecule is Cc1noc(C)c1C(C)(c1ccc(O)cc1)C(F)(F)F. The number of rotatable bonds is 2. The van der Waals surface area contributed by atoms with E-state index in [0.717, 1.165) is 6.92 Å². The Morgan fingerprint density at radius 2 is 1.65 bits per heavy atom. The zero-order chi connectivity index (χ0) is 15.1. The number of phenolic OH excluding ortho intramolecular Hbond substituents is 1. The molecule has 0 saturated carbocycles. The number of nitrogens with zero attached hydrogens (tertiary/aromatic N) is 1. The van der Waals surface area contributed by atoms with Crippen molar-refractivity contribution in [3.63, 3.8) is 0 Å². The molecule has 0 aliphatic carbocycles. The van der Waals surface area contributed by atoms with Crippen LogP contribution in [0.4, 0.5) is 13.2 Å². The Hall–Kier alpha value is -1.98. The molecular formula is C14H14F3NO2. The van der Waals surface area contributed by atoms with Gasteiger partial charge in [-0.15, -0.1) is 0 Å². The van der Waals surface area contributed by atoms with Gasteiger partial charge in [0, 0.05) is 5.56 Å². The van der Waals surface area contributed by atoms with Crippen LogP contribution in [0, 0.1) is 13.8 Å². The molecule has 1 aromatic heterocycles. The van der Waals surface area contributed by atoms with Crippen molar-refractivity contribution in [2.45, 2.75) is 32.4 Å². The molecule has 2 aromatic rings. The van der Waals surface area contributed by atoms with E-state index in [1.165, 1.54) is 38.1 Å². The van der Waals surface area contributed by atoms with Gasteiger partial charge in [0.2, 0.25) is 0 Å². The normalized spacial score (nSPS) is 15.1. The first kappa shape index (κ1) is 14.4. The summed E-state index contributed by atoms with van der Waals surface area (Å²) in [5, 5.41) is 12.9. The van der Waals surface area contributed by atoms with Gasteiger partial charge in [0.25, 0.3) is 0 Å². The molecule has 0 bridgehead atoms. The van der Waals surface area contributed by atoms with Crippen molar-refractivity contribution in [3.05, 3.63) is 46.8 Å². The molecule has 0 amide bonds. The highest BCUT2D eigenvalue weighted by atomic mass is 19.4. The molecule has 1 atom stereocenters. The van der Waals surface area contributed by atoms with Gasteiger partial charge in [0.1, 0.15) is 16.9 Å². The van der Waals surface area contributed by atoms with Crippen molar-refractivity contribution in [1.82, 2.24) is 5.16 Å². The Labute approximate surface area is 114 Å². The van der Waals surface area contributed by atoms with Crippen LogP contribution in [0.15, 0.2) is 28.8 Å². The van der Waals surface area contributed by atoms with E-state index in [2.05, 4.69) is 5.16 Å². The van der Waals surface area contributed by atoms with Gasteiger partial charge in [-0.05, 0) is 38.5 Å². The molecule has 1 aromatic carbocycles. The minimum absolute atomic E-state index is 0.00990. The van der Waals surface area contributed by atoms with Crippen LogP contribution in [0.3, 0.4) is 0 Å². The molecule has 1 heterocycles. The highest BCUT2D eigenvalue weighted by Gasteiger charge is 2.56. The predicted octanol–water partition coefficient (Wildman–Crippen LogP) is 3.87. The molecular weight excluding hydrogens is 271 g/mol. The van der Waals surface area contributed by atoms with Crippen LogP contribution in [0.5, 0.6) is 5.75 Å². The van der Waals surface area contributed by atoms with E-state index in [4.69, 9.17) is 4.52 Å². The Morgan fingerprint density at radius 1 is 1.10 bits per heavy atom. The fourth-order valence-corrected chi connectivity index (χ4v) is 2.44. The summed E-state index contributed by atoms with van der Waals surface area (Å²) in [7, 11) is 0. The topological polar surface area (TPSA) is 46.3 Å². The van der Waals surface area contributed by atoms with Crippen LogP contribution in [-0.4, -0.2) is 16.4 Å². The Kier molecular flexibility index (Phi) is 3.28. The number of alkyl halides is 3. The quantitative estimate of drug-likeness (QED) is 0.911. The van der Waals surface area contributed by atoms with Crippen LogP contribution < -0.4 is 0 Å². The standard InChI is InChI=1S/C14H14F3NO2/c1-8-12(9(2)20-18-8)13(3,14(15,16)17)10-4-6-11(19)7-5-10/h4-7,19H,1-3H3. The molecule has 108 valence electrons. The third kappa shape index (κ3) is 2.05. The first-order valence-electron chi connectivity index (χ1n) is 5.97. The summed E-state index contributed by atoms with van der Waals surface area (Å²) in [6.07, 6.45) is -4.52. The lowest BCUT2D eigenvalue weighted by Gasteiger charge is -2.32. The van der Waals surface area contributed by atoms with E-state index in [9.17, 15) is 18.3 Å². The molecule has 0 radical (unpaired) electrons. The van der Waals surface area contributed by atoms with Crippen LogP contribution >= 0.6 is 0 Å². The molecule has 2 rings (SSSR count). The first-order valence-corrected chi connectivity index (χ1v) is 5.97. The van der Waals surface area contributed by atoms with Crippen molar-refractivity contribution in [2.75, 3.05) is 0 Å². The number of phenols is 1. The van der Waals surface area contributed by atoms with Crippen LogP contribution in [-0.2, 0) is 5.41 Å². The summed E-state index contributed by atoms with van der Waals surface area (Å²) in [4.78, 5) is 0. The Balaban J connectivity index is 2.73. The van der Waals surface area contributed by atoms with Crippen molar-refractivity contribution in [1.29, 1.82) is 0 Å². The molecule has 1 unspecified atom stereocenters. The van der Waals surface area contributed by atoms with Gasteiger partial charge in [-0.25, -0.2) is 0 Å². The molecule has 0 aliphatic heterocycles. The van der Waals surface area contributed by atoms with Crippen molar-refractivity contribution in [2.24, 2.45) is 0 Å². The zero-order valence-electron chi connectivity index (χ0n) is 11.2. The maximum atomic E-state index is 13.7. The smallest absolute Gasteiger partial charge is 0.402 e. The maximum absolute atomic E-state index is 13.7. The van der Waals surface area contributed by atoms with E-state index in [1.54, 1.807) is 0 Å². The summed E-state index contributed by atoms with van der Waals surface area (Å²) in [6, 6.07) is 4.98. The van der Waals surface area contributed by atoms with Crippen molar-refractivity contribution in [3.8, 4) is 5.75 Å². The molecule has 20 heavy (non-hydrogen) atoms. The minimum Gasteiger partial charge on any atom is -0.508 e. The number of aromatic hydroxyl groups is 1. The lowest BCUT2D eigenvalue weighted by Crippen LogP contribution is -2.41. The zero-order valence-corrected chi connectivity index (χ0v) is 11.2. The fraction of sp³-hybridized carbons (Fsp3) is 0.357. The third-order valence-electron chi connectivity index (χ3n) is 3.54. The van der Waals surface area contributed by atoms with Gasteiger partial charge < -0.3 is 9.63 Å². The first-order chi connectivity index (χ1) is 9.18. The number of hydrogen-bond acceptors (Lipinski definition) is 3. The van der Waals surface area contributed by atoms with E-state index >= 15 is 0 Å². The van der Waals surface area contributed by atoms with Crippen LogP contribution in [0.25, 0.3) is 0 Å². The summed E-state index contributed by atoms with van der Waals surface area (Å²) < 4.78 is 45.9. The minimum atomic E-state index is -4.52. The average molecular weight is 285 g/mol. The number of benzene rings is 1. The van der Waals surface area contributed by atoms with Crippen molar-refractivity contribution >= 4 is 0 Å². The molecule has 0 spiro atoms. The summed E-state index contributed by atoms with van der Waals surface area (Å²) in [6.45, 7) is 4.03. The van der Waals surface area contributed by atoms with Gasteiger partial charge >= 0.3 is 6.18 Å². The number of aryl methyl sites for hydroxylation is 2. The average Bonchev–Trinajstić information content (AvgIpc) is 2.68. The molecule has 3 nitrogen and oxygen atoms in total. The fourth-order valence-electron chi connectivity index (χ4n) is 2.44. The summed E-state index contributed by atoms with van der Waals surface area (Å²) >= 11 is 0. The molecule has 6 heteroatoms. The third-order valence-corrected chi connectivity index (χ3v) is 3.54. The second-order valence-electron chi connectivity index (χ2n) is 4.87. The summed E-state index contributed by atoms with van der Waals surface area (Å²) in [5.74, 6) is 0.0486. The van der Waals surface area contributed by atoms with E-state index in [0.29, 0.717) is 0 Å². The molecule has 0 fully saturated rings. The van der Waals surface area contributed by atoms with Gasteiger partial charge in [0.15, 0.2) is 0 Å². The summed E-state index contributed by atoms with van der Waals surface area (Å²) in [5.41, 5.74) is -2.00. The number of hydrogen-bond donors (Lipinski definition) is 1. The van der Waals surface area contributed by atoms with Gasteiger partial charge in [-0.1, -0.05) is 17.3 Å². The second kappa shape index (κ2) is 4.54. The van der Waals surface area contributed by atoms with E-state index in [-0.39, 0.29) is 28.3 Å². The largest absolute Gasteiger partial charge is 0.508 e. The number of halogens is 3. The molecule has 0 saturated heterocycles. The highest BCUT2D eigenvalue weighted by molar-refractivity contribution is 5.45. The van der Waals surface area contributed by atoms with Gasteiger partial charge in [-0.3, -0.25) is 0 Å². The lowest BCUT2D eigenvalue weighted by molar-refractivity contribution is -0.173. The Morgan fingerprint density at radius 3 is 2.05 bits per heavy atom. The predicted molar refractivity (Wildman–Crippen MR) is 66.6 cm³/mol. The lowest BCUT2D eigenvalue weighted by atomic mass is 9.74.